The molecule has 0 spiro atoms. The Labute approximate surface area is 154 Å². The van der Waals surface area contributed by atoms with Crippen molar-refractivity contribution in [1.82, 2.24) is 0 Å². The molecule has 0 aromatic carbocycles. The van der Waals surface area contributed by atoms with Gasteiger partial charge in [0.1, 0.15) is 0 Å². The van der Waals surface area contributed by atoms with Crippen LogP contribution >= 0.6 is 0 Å². The van der Waals surface area contributed by atoms with Crippen LogP contribution in [0.3, 0.4) is 0 Å². The molecule has 0 rings (SSSR count). The average molecular weight is 335 g/mol. The molecule has 0 N–H and O–H groups in total. The molecule has 24 heavy (non-hydrogen) atoms. The number of allylic oxidation sites excluding steroid dienone is 4. The van der Waals surface area contributed by atoms with Crippen molar-refractivity contribution in [2.45, 2.75) is 93.9 Å². The normalized spacial score (nSPS) is 16.0. The van der Waals surface area contributed by atoms with Crippen molar-refractivity contribution in [3.63, 3.8) is 0 Å². The van der Waals surface area contributed by atoms with E-state index in [1.165, 1.54) is 43.3 Å². The second-order valence-corrected chi connectivity index (χ2v) is 7.44. The van der Waals surface area contributed by atoms with Gasteiger partial charge in [-0.2, -0.15) is 0 Å². The quantitative estimate of drug-likeness (QED) is 0.313. The first-order valence-electron chi connectivity index (χ1n) is 10.4. The Morgan fingerprint density at radius 3 is 1.75 bits per heavy atom. The Morgan fingerprint density at radius 2 is 1.29 bits per heavy atom. The number of rotatable bonds is 12. The molecular weight excluding hydrogens is 288 g/mol. The lowest BCUT2D eigenvalue weighted by Gasteiger charge is -2.23. The fourth-order valence-corrected chi connectivity index (χ4v) is 2.53. The molecule has 0 bridgehead atoms. The molecule has 142 valence electrons. The van der Waals surface area contributed by atoms with Gasteiger partial charge in [-0.1, -0.05) is 111 Å². The first-order chi connectivity index (χ1) is 11.3. The highest BCUT2D eigenvalue weighted by Crippen LogP contribution is 2.27. The Hall–Kier alpha value is -0.780. The van der Waals surface area contributed by atoms with E-state index in [1.807, 2.05) is 13.8 Å². The predicted octanol–water partition coefficient (Wildman–Crippen LogP) is 8.61. The Balaban J connectivity index is 0. The summed E-state index contributed by atoms with van der Waals surface area (Å²) in [4.78, 5) is 0. The molecule has 4 atom stereocenters. The fraction of sp³-hybridized carbons (Fsp3) is 0.750. The monoisotopic (exact) mass is 334 g/mol. The van der Waals surface area contributed by atoms with E-state index in [0.29, 0.717) is 5.92 Å². The Kier molecular flexibility index (Phi) is 16.7. The van der Waals surface area contributed by atoms with Crippen LogP contribution in [0.5, 0.6) is 0 Å². The van der Waals surface area contributed by atoms with E-state index >= 15 is 0 Å². The van der Waals surface area contributed by atoms with Crippen LogP contribution in [0.25, 0.3) is 0 Å². The maximum atomic E-state index is 4.23. The highest BCUT2D eigenvalue weighted by atomic mass is 14.2. The van der Waals surface area contributed by atoms with Crippen molar-refractivity contribution in [1.29, 1.82) is 0 Å². The molecule has 0 aromatic heterocycles. The van der Waals surface area contributed by atoms with E-state index in [1.54, 1.807) is 0 Å². The summed E-state index contributed by atoms with van der Waals surface area (Å²) in [7, 11) is 0. The second kappa shape index (κ2) is 15.7. The average Bonchev–Trinajstić information content (AvgIpc) is 2.62. The van der Waals surface area contributed by atoms with Gasteiger partial charge in [0.2, 0.25) is 0 Å². The number of hydrogen-bond donors (Lipinski definition) is 0. The SMILES string of the molecule is C=C(/C=C\C(=C)C(C)CCC(C)C(C)CCC(C)CC)CC.CC. The van der Waals surface area contributed by atoms with Crippen molar-refractivity contribution in [2.75, 3.05) is 0 Å². The van der Waals surface area contributed by atoms with Crippen LogP contribution in [0, 0.1) is 23.7 Å². The summed E-state index contributed by atoms with van der Waals surface area (Å²) in [6, 6.07) is 0. The summed E-state index contributed by atoms with van der Waals surface area (Å²) < 4.78 is 0. The van der Waals surface area contributed by atoms with Crippen molar-refractivity contribution in [3.8, 4) is 0 Å². The first-order valence-corrected chi connectivity index (χ1v) is 10.4. The highest BCUT2D eigenvalue weighted by molar-refractivity contribution is 5.25. The molecule has 0 heteroatoms. The van der Waals surface area contributed by atoms with E-state index in [9.17, 15) is 0 Å². The zero-order valence-corrected chi connectivity index (χ0v) is 18.1. The van der Waals surface area contributed by atoms with Crippen molar-refractivity contribution >= 4 is 0 Å². The molecule has 0 aromatic rings. The maximum Gasteiger partial charge on any atom is -0.0196 e. The molecule has 0 radical (unpaired) electrons. The van der Waals surface area contributed by atoms with Gasteiger partial charge in [0.25, 0.3) is 0 Å². The topological polar surface area (TPSA) is 0 Å². The maximum absolute atomic E-state index is 4.23. The first kappa shape index (κ1) is 25.5. The summed E-state index contributed by atoms with van der Waals surface area (Å²) >= 11 is 0. The van der Waals surface area contributed by atoms with E-state index in [4.69, 9.17) is 0 Å². The lowest BCUT2D eigenvalue weighted by atomic mass is 9.83. The smallest absolute Gasteiger partial charge is 0.0196 e. The minimum absolute atomic E-state index is 0.574. The van der Waals surface area contributed by atoms with Crippen LogP contribution in [0.2, 0.25) is 0 Å². The van der Waals surface area contributed by atoms with Crippen molar-refractivity contribution in [2.24, 2.45) is 23.7 Å². The lowest BCUT2D eigenvalue weighted by Crippen LogP contribution is -2.11. The summed E-state index contributed by atoms with van der Waals surface area (Å²) in [5.41, 5.74) is 2.43. The van der Waals surface area contributed by atoms with E-state index in [-0.39, 0.29) is 0 Å². The van der Waals surface area contributed by atoms with Gasteiger partial charge in [-0.3, -0.25) is 0 Å². The molecule has 0 nitrogen and oxygen atoms in total. The second-order valence-electron chi connectivity index (χ2n) is 7.44. The molecule has 0 aliphatic heterocycles. The molecule has 4 unspecified atom stereocenters. The van der Waals surface area contributed by atoms with Gasteiger partial charge in [0.05, 0.1) is 0 Å². The third kappa shape index (κ3) is 12.6. The number of hydrogen-bond acceptors (Lipinski definition) is 0. The largest absolute Gasteiger partial charge is 0.0958 e. The third-order valence-electron chi connectivity index (χ3n) is 5.46. The summed E-state index contributed by atoms with van der Waals surface area (Å²) in [5, 5.41) is 0. The fourth-order valence-electron chi connectivity index (χ4n) is 2.53. The lowest BCUT2D eigenvalue weighted by molar-refractivity contribution is 0.301. The van der Waals surface area contributed by atoms with Crippen LogP contribution in [0.15, 0.2) is 36.5 Å². The molecule has 0 amide bonds. The van der Waals surface area contributed by atoms with E-state index < -0.39 is 0 Å². The molecule has 0 fully saturated rings. The molecule has 0 aliphatic carbocycles. The van der Waals surface area contributed by atoms with Crippen LogP contribution in [-0.2, 0) is 0 Å². The van der Waals surface area contributed by atoms with Gasteiger partial charge in [0.15, 0.2) is 0 Å². The van der Waals surface area contributed by atoms with E-state index in [0.717, 1.165) is 24.2 Å². The molecule has 0 saturated carbocycles. The van der Waals surface area contributed by atoms with Gasteiger partial charge in [-0.05, 0) is 42.9 Å². The van der Waals surface area contributed by atoms with E-state index in [2.05, 4.69) is 66.9 Å². The van der Waals surface area contributed by atoms with Gasteiger partial charge < -0.3 is 0 Å². The summed E-state index contributed by atoms with van der Waals surface area (Å²) in [5.74, 6) is 3.11. The zero-order valence-electron chi connectivity index (χ0n) is 18.1. The predicted molar refractivity (Wildman–Crippen MR) is 114 cm³/mol. The van der Waals surface area contributed by atoms with Gasteiger partial charge >= 0.3 is 0 Å². The van der Waals surface area contributed by atoms with Gasteiger partial charge in [-0.15, -0.1) is 0 Å². The van der Waals surface area contributed by atoms with Crippen LogP contribution in [0.4, 0.5) is 0 Å². The summed E-state index contributed by atoms with van der Waals surface area (Å²) in [6.07, 6.45) is 11.9. The molecule has 0 heterocycles. The van der Waals surface area contributed by atoms with Crippen LogP contribution < -0.4 is 0 Å². The molecule has 0 saturated heterocycles. The van der Waals surface area contributed by atoms with Gasteiger partial charge in [-0.25, -0.2) is 0 Å². The van der Waals surface area contributed by atoms with Crippen molar-refractivity contribution < 1.29 is 0 Å². The van der Waals surface area contributed by atoms with Gasteiger partial charge in [0, 0.05) is 0 Å². The zero-order chi connectivity index (χ0) is 19.1. The van der Waals surface area contributed by atoms with Crippen LogP contribution in [0.1, 0.15) is 93.9 Å². The molecule has 0 aliphatic rings. The van der Waals surface area contributed by atoms with Crippen LogP contribution in [-0.4, -0.2) is 0 Å². The highest BCUT2D eigenvalue weighted by Gasteiger charge is 2.15. The summed E-state index contributed by atoms with van der Waals surface area (Å²) in [6.45, 7) is 26.2. The minimum atomic E-state index is 0.574. The Morgan fingerprint density at radius 1 is 0.792 bits per heavy atom. The van der Waals surface area contributed by atoms with Crippen molar-refractivity contribution in [3.05, 3.63) is 36.5 Å². The molecular formula is C24H46. The third-order valence-corrected chi connectivity index (χ3v) is 5.46. The minimum Gasteiger partial charge on any atom is -0.0958 e. The standard InChI is InChI=1S/C22H40.C2H6/c1-9-17(3)11-13-19(5)21(7)15-16-22(8)20(6)14-12-18(4)10-2;1-2/h11,13,18,20-22H,3,5,9-10,12,14-16H2,1-2,4,6-8H3;1-2H3/b13-11-;. The Bertz CT molecular complexity index is 347.